The number of ether oxygens (including phenoxy) is 1. The molecule has 0 bridgehead atoms. The third-order valence-electron chi connectivity index (χ3n) is 4.96. The maximum Gasteiger partial charge on any atom is 0.573 e. The number of nitrogens with zero attached hydrogens (tertiary/aromatic N) is 2. The van der Waals surface area contributed by atoms with Gasteiger partial charge in [0.05, 0.1) is 5.69 Å². The Balaban J connectivity index is 1.59. The first-order chi connectivity index (χ1) is 15.3. The number of alkyl halides is 3. The molecule has 0 amide bonds. The summed E-state index contributed by atoms with van der Waals surface area (Å²) in [6, 6.07) is 15.3. The number of nitrogens with one attached hydrogen (secondary N) is 2. The van der Waals surface area contributed by atoms with E-state index in [4.69, 9.17) is 0 Å². The fourth-order valence-electron chi connectivity index (χ4n) is 3.33. The number of rotatable bonds is 10. The molecule has 2 aromatic carbocycles. The third kappa shape index (κ3) is 7.44. The van der Waals surface area contributed by atoms with Crippen molar-refractivity contribution >= 4 is 17.2 Å². The monoisotopic (exact) mass is 444 g/mol. The van der Waals surface area contributed by atoms with Crippen molar-refractivity contribution in [3.63, 3.8) is 0 Å². The molecule has 0 spiro atoms. The van der Waals surface area contributed by atoms with Crippen molar-refractivity contribution in [2.75, 3.05) is 17.2 Å². The Morgan fingerprint density at radius 1 is 0.938 bits per heavy atom. The van der Waals surface area contributed by atoms with Crippen LogP contribution in [0.2, 0.25) is 0 Å². The van der Waals surface area contributed by atoms with E-state index in [-0.39, 0.29) is 5.75 Å². The lowest BCUT2D eigenvalue weighted by atomic mass is 10.0. The molecule has 8 heteroatoms. The summed E-state index contributed by atoms with van der Waals surface area (Å²) in [5.74, 6) is 0.971. The molecule has 0 fully saturated rings. The minimum atomic E-state index is -4.71. The molecule has 32 heavy (non-hydrogen) atoms. The van der Waals surface area contributed by atoms with Crippen molar-refractivity contribution in [2.24, 2.45) is 5.92 Å². The van der Waals surface area contributed by atoms with Crippen molar-refractivity contribution in [3.05, 3.63) is 60.9 Å². The topological polar surface area (TPSA) is 59.1 Å². The Hall–Kier alpha value is -3.29. The number of hydrogen-bond donors (Lipinski definition) is 2. The van der Waals surface area contributed by atoms with Gasteiger partial charge in [0, 0.05) is 29.5 Å². The second-order valence-electron chi connectivity index (χ2n) is 7.67. The van der Waals surface area contributed by atoms with Crippen LogP contribution in [0.3, 0.4) is 0 Å². The van der Waals surface area contributed by atoms with E-state index in [0.29, 0.717) is 17.4 Å². The summed E-state index contributed by atoms with van der Waals surface area (Å²) in [5.41, 5.74) is 3.32. The standard InChI is InChI=1S/C24H27F3N4O/c1-3-4-17(2)13-14-28-19-7-5-18(6-8-19)22-15-23(30-16-29-22)31-20-9-11-21(12-10-20)32-24(25,26)27/h5-12,15-17,28H,3-4,13-14H2,1-2H3,(H,29,30,31). The molecule has 2 N–H and O–H groups in total. The van der Waals surface area contributed by atoms with Crippen LogP contribution in [0.1, 0.15) is 33.1 Å². The number of anilines is 3. The van der Waals surface area contributed by atoms with Gasteiger partial charge in [0.1, 0.15) is 17.9 Å². The minimum Gasteiger partial charge on any atom is -0.406 e. The van der Waals surface area contributed by atoms with Crippen LogP contribution in [-0.2, 0) is 0 Å². The van der Waals surface area contributed by atoms with Crippen molar-refractivity contribution in [1.29, 1.82) is 0 Å². The average molecular weight is 445 g/mol. The maximum absolute atomic E-state index is 12.3. The average Bonchev–Trinajstić information content (AvgIpc) is 2.75. The SMILES string of the molecule is CCCC(C)CCNc1ccc(-c2cc(Nc3ccc(OC(F)(F)F)cc3)ncn2)cc1. The highest BCUT2D eigenvalue weighted by molar-refractivity contribution is 5.67. The summed E-state index contributed by atoms with van der Waals surface area (Å²) in [5, 5.41) is 6.51. The molecule has 0 aliphatic rings. The first-order valence-electron chi connectivity index (χ1n) is 10.6. The summed E-state index contributed by atoms with van der Waals surface area (Å²) in [6.07, 6.45) is 0.328. The van der Waals surface area contributed by atoms with Gasteiger partial charge in [0.25, 0.3) is 0 Å². The molecule has 1 heterocycles. The Bertz CT molecular complexity index is 976. The molecule has 1 aromatic heterocycles. The van der Waals surface area contributed by atoms with Gasteiger partial charge in [-0.05, 0) is 48.7 Å². The van der Waals surface area contributed by atoms with Crippen LogP contribution >= 0.6 is 0 Å². The Morgan fingerprint density at radius 2 is 1.62 bits per heavy atom. The molecular formula is C24H27F3N4O. The summed E-state index contributed by atoms with van der Waals surface area (Å²) in [4.78, 5) is 8.51. The molecule has 1 atom stereocenters. The zero-order valence-electron chi connectivity index (χ0n) is 18.1. The van der Waals surface area contributed by atoms with Gasteiger partial charge in [-0.1, -0.05) is 38.8 Å². The molecular weight excluding hydrogens is 417 g/mol. The molecule has 0 saturated carbocycles. The van der Waals surface area contributed by atoms with Gasteiger partial charge in [0.2, 0.25) is 0 Å². The van der Waals surface area contributed by atoms with E-state index in [2.05, 4.69) is 39.2 Å². The predicted molar refractivity (Wildman–Crippen MR) is 121 cm³/mol. The Morgan fingerprint density at radius 3 is 2.28 bits per heavy atom. The van der Waals surface area contributed by atoms with Gasteiger partial charge in [-0.2, -0.15) is 0 Å². The van der Waals surface area contributed by atoms with Crippen molar-refractivity contribution in [2.45, 2.75) is 39.5 Å². The van der Waals surface area contributed by atoms with Gasteiger partial charge >= 0.3 is 6.36 Å². The van der Waals surface area contributed by atoms with Crippen LogP contribution in [-0.4, -0.2) is 22.9 Å². The normalized spacial score (nSPS) is 12.3. The molecule has 0 saturated heterocycles. The third-order valence-corrected chi connectivity index (χ3v) is 4.96. The maximum atomic E-state index is 12.3. The summed E-state index contributed by atoms with van der Waals surface area (Å²) < 4.78 is 40.7. The summed E-state index contributed by atoms with van der Waals surface area (Å²) in [6.45, 7) is 5.43. The highest BCUT2D eigenvalue weighted by Gasteiger charge is 2.30. The Kier molecular flexibility index (Phi) is 7.92. The lowest BCUT2D eigenvalue weighted by Gasteiger charge is -2.12. The van der Waals surface area contributed by atoms with Gasteiger partial charge in [-0.15, -0.1) is 13.2 Å². The highest BCUT2D eigenvalue weighted by Crippen LogP contribution is 2.26. The zero-order valence-corrected chi connectivity index (χ0v) is 18.1. The van der Waals surface area contributed by atoms with Crippen LogP contribution in [0.4, 0.5) is 30.4 Å². The number of halogens is 3. The van der Waals surface area contributed by atoms with E-state index in [0.717, 1.165) is 29.9 Å². The molecule has 0 aliphatic heterocycles. The molecule has 3 aromatic rings. The van der Waals surface area contributed by atoms with Crippen LogP contribution in [0, 0.1) is 5.92 Å². The summed E-state index contributed by atoms with van der Waals surface area (Å²) >= 11 is 0. The first kappa shape index (κ1) is 23.4. The first-order valence-corrected chi connectivity index (χ1v) is 10.6. The van der Waals surface area contributed by atoms with Gasteiger partial charge in [-0.25, -0.2) is 9.97 Å². The molecule has 170 valence electrons. The van der Waals surface area contributed by atoms with Crippen LogP contribution in [0.5, 0.6) is 5.75 Å². The van der Waals surface area contributed by atoms with Gasteiger partial charge in [0.15, 0.2) is 0 Å². The van der Waals surface area contributed by atoms with E-state index in [9.17, 15) is 13.2 Å². The summed E-state index contributed by atoms with van der Waals surface area (Å²) in [7, 11) is 0. The highest BCUT2D eigenvalue weighted by atomic mass is 19.4. The zero-order chi connectivity index (χ0) is 23.0. The van der Waals surface area contributed by atoms with E-state index in [1.54, 1.807) is 6.07 Å². The predicted octanol–water partition coefficient (Wildman–Crippen LogP) is 7.02. The fraction of sp³-hybridized carbons (Fsp3) is 0.333. The molecule has 0 aliphatic carbocycles. The lowest BCUT2D eigenvalue weighted by Crippen LogP contribution is -2.16. The number of aromatic nitrogens is 2. The van der Waals surface area contributed by atoms with Crippen molar-refractivity contribution in [1.82, 2.24) is 9.97 Å². The number of benzene rings is 2. The van der Waals surface area contributed by atoms with Crippen LogP contribution in [0.25, 0.3) is 11.3 Å². The van der Waals surface area contributed by atoms with E-state index in [1.165, 1.54) is 43.4 Å². The van der Waals surface area contributed by atoms with Crippen LogP contribution < -0.4 is 15.4 Å². The minimum absolute atomic E-state index is 0.278. The second kappa shape index (κ2) is 10.8. The second-order valence-corrected chi connectivity index (χ2v) is 7.67. The quantitative estimate of drug-likeness (QED) is 0.352. The van der Waals surface area contributed by atoms with E-state index < -0.39 is 6.36 Å². The van der Waals surface area contributed by atoms with Crippen molar-refractivity contribution < 1.29 is 17.9 Å². The molecule has 5 nitrogen and oxygen atoms in total. The Labute approximate surface area is 186 Å². The fourth-order valence-corrected chi connectivity index (χ4v) is 3.33. The van der Waals surface area contributed by atoms with Gasteiger partial charge in [-0.3, -0.25) is 0 Å². The van der Waals surface area contributed by atoms with E-state index in [1.807, 2.05) is 24.3 Å². The lowest BCUT2D eigenvalue weighted by molar-refractivity contribution is -0.274. The smallest absolute Gasteiger partial charge is 0.406 e. The van der Waals surface area contributed by atoms with Crippen molar-refractivity contribution in [3.8, 4) is 17.0 Å². The van der Waals surface area contributed by atoms with E-state index >= 15 is 0 Å². The molecule has 3 rings (SSSR count). The molecule has 0 radical (unpaired) electrons. The number of hydrogen-bond acceptors (Lipinski definition) is 5. The van der Waals surface area contributed by atoms with Gasteiger partial charge < -0.3 is 15.4 Å². The largest absolute Gasteiger partial charge is 0.573 e. The van der Waals surface area contributed by atoms with Crippen LogP contribution in [0.15, 0.2) is 60.9 Å². The molecule has 1 unspecified atom stereocenters.